The van der Waals surface area contributed by atoms with Crippen molar-refractivity contribution >= 4 is 6.09 Å². The van der Waals surface area contributed by atoms with Crippen LogP contribution in [0.15, 0.2) is 0 Å². The fourth-order valence-electron chi connectivity index (χ4n) is 2.13. The SMILES string of the molecule is CCOC(=O)NCc1nnc2n1CCC(C(F)(F)F)C2. The molecule has 0 saturated carbocycles. The van der Waals surface area contributed by atoms with Crippen LogP contribution in [0.2, 0.25) is 0 Å². The molecule has 0 aliphatic carbocycles. The Kier molecular flexibility index (Phi) is 4.15. The Bertz CT molecular complexity index is 487. The van der Waals surface area contributed by atoms with Gasteiger partial charge in [0.25, 0.3) is 0 Å². The van der Waals surface area contributed by atoms with E-state index in [4.69, 9.17) is 0 Å². The Hall–Kier alpha value is -1.80. The second kappa shape index (κ2) is 5.68. The lowest BCUT2D eigenvalue weighted by atomic mass is 9.97. The minimum atomic E-state index is -4.21. The van der Waals surface area contributed by atoms with E-state index in [2.05, 4.69) is 20.3 Å². The number of amides is 1. The number of fused-ring (bicyclic) bond motifs is 1. The highest BCUT2D eigenvalue weighted by Gasteiger charge is 2.42. The van der Waals surface area contributed by atoms with Crippen LogP contribution in [0.5, 0.6) is 0 Å². The van der Waals surface area contributed by atoms with Crippen molar-refractivity contribution in [2.45, 2.75) is 39.0 Å². The van der Waals surface area contributed by atoms with E-state index in [1.54, 1.807) is 11.5 Å². The predicted molar refractivity (Wildman–Crippen MR) is 61.7 cm³/mol. The predicted octanol–water partition coefficient (Wildman–Crippen LogP) is 1.65. The van der Waals surface area contributed by atoms with Gasteiger partial charge < -0.3 is 14.6 Å². The molecular weight excluding hydrogens is 277 g/mol. The number of alkyl halides is 3. The lowest BCUT2D eigenvalue weighted by Crippen LogP contribution is -2.32. The van der Waals surface area contributed by atoms with Gasteiger partial charge in [-0.3, -0.25) is 0 Å². The number of alkyl carbamates (subject to hydrolysis) is 1. The summed E-state index contributed by atoms with van der Waals surface area (Å²) < 4.78 is 44.3. The zero-order chi connectivity index (χ0) is 14.8. The molecule has 0 aromatic carbocycles. The second-order valence-corrected chi connectivity index (χ2v) is 4.49. The first kappa shape index (κ1) is 14.6. The van der Waals surface area contributed by atoms with Gasteiger partial charge in [0.2, 0.25) is 0 Å². The number of carbonyl (C=O) groups is 1. The summed E-state index contributed by atoms with van der Waals surface area (Å²) in [5.74, 6) is -0.627. The number of halogens is 3. The minimum Gasteiger partial charge on any atom is -0.450 e. The van der Waals surface area contributed by atoms with E-state index >= 15 is 0 Å². The summed E-state index contributed by atoms with van der Waals surface area (Å²) in [6, 6.07) is 0. The summed E-state index contributed by atoms with van der Waals surface area (Å²) in [5, 5.41) is 10.1. The normalized spacial score (nSPS) is 18.5. The smallest absolute Gasteiger partial charge is 0.407 e. The van der Waals surface area contributed by atoms with Gasteiger partial charge in [-0.05, 0) is 13.3 Å². The van der Waals surface area contributed by atoms with Crippen LogP contribution in [-0.4, -0.2) is 33.6 Å². The van der Waals surface area contributed by atoms with Gasteiger partial charge in [-0.1, -0.05) is 0 Å². The lowest BCUT2D eigenvalue weighted by molar-refractivity contribution is -0.179. The van der Waals surface area contributed by atoms with Gasteiger partial charge in [0.1, 0.15) is 5.82 Å². The van der Waals surface area contributed by atoms with E-state index in [0.29, 0.717) is 11.6 Å². The first-order valence-electron chi connectivity index (χ1n) is 6.30. The average molecular weight is 292 g/mol. The number of nitrogens with one attached hydrogen (secondary N) is 1. The van der Waals surface area contributed by atoms with Crippen LogP contribution in [0.3, 0.4) is 0 Å². The van der Waals surface area contributed by atoms with Gasteiger partial charge in [0, 0.05) is 13.0 Å². The molecule has 9 heteroatoms. The molecule has 0 bridgehead atoms. The van der Waals surface area contributed by atoms with Crippen LogP contribution in [0, 0.1) is 5.92 Å². The highest BCUT2D eigenvalue weighted by molar-refractivity contribution is 5.66. The van der Waals surface area contributed by atoms with Crippen LogP contribution in [0.25, 0.3) is 0 Å². The highest BCUT2D eigenvalue weighted by Crippen LogP contribution is 2.34. The molecule has 2 heterocycles. The Morgan fingerprint density at radius 1 is 1.50 bits per heavy atom. The Balaban J connectivity index is 1.99. The van der Waals surface area contributed by atoms with Crippen molar-refractivity contribution in [1.82, 2.24) is 20.1 Å². The fourth-order valence-corrected chi connectivity index (χ4v) is 2.13. The number of hydrogen-bond donors (Lipinski definition) is 1. The van der Waals surface area contributed by atoms with Gasteiger partial charge >= 0.3 is 12.3 Å². The van der Waals surface area contributed by atoms with Crippen LogP contribution in [0.4, 0.5) is 18.0 Å². The van der Waals surface area contributed by atoms with E-state index in [1.165, 1.54) is 0 Å². The van der Waals surface area contributed by atoms with E-state index in [1.807, 2.05) is 0 Å². The summed E-state index contributed by atoms with van der Waals surface area (Å²) >= 11 is 0. The summed E-state index contributed by atoms with van der Waals surface area (Å²) in [5.41, 5.74) is 0. The third-order valence-electron chi connectivity index (χ3n) is 3.16. The molecule has 0 spiro atoms. The van der Waals surface area contributed by atoms with Crippen molar-refractivity contribution in [3.05, 3.63) is 11.6 Å². The molecule has 0 saturated heterocycles. The third kappa shape index (κ3) is 3.20. The maximum absolute atomic E-state index is 12.6. The first-order chi connectivity index (χ1) is 9.41. The number of nitrogens with zero attached hydrogens (tertiary/aromatic N) is 3. The zero-order valence-electron chi connectivity index (χ0n) is 10.9. The molecule has 1 aliphatic heterocycles. The Morgan fingerprint density at radius 3 is 2.90 bits per heavy atom. The summed E-state index contributed by atoms with van der Waals surface area (Å²) in [7, 11) is 0. The molecule has 1 atom stereocenters. The van der Waals surface area contributed by atoms with Crippen LogP contribution < -0.4 is 5.32 Å². The van der Waals surface area contributed by atoms with E-state index in [-0.39, 0.29) is 32.5 Å². The number of carbonyl (C=O) groups excluding carboxylic acids is 1. The maximum Gasteiger partial charge on any atom is 0.407 e. The molecular formula is C11H15F3N4O2. The molecule has 1 amide bonds. The molecule has 6 nitrogen and oxygen atoms in total. The van der Waals surface area contributed by atoms with E-state index < -0.39 is 18.2 Å². The largest absolute Gasteiger partial charge is 0.450 e. The fraction of sp³-hybridized carbons (Fsp3) is 0.727. The monoisotopic (exact) mass is 292 g/mol. The number of rotatable bonds is 3. The molecule has 1 unspecified atom stereocenters. The van der Waals surface area contributed by atoms with Gasteiger partial charge in [0.05, 0.1) is 19.1 Å². The summed E-state index contributed by atoms with van der Waals surface area (Å²) in [6.07, 6.45) is -4.97. The quantitative estimate of drug-likeness (QED) is 0.919. The molecule has 20 heavy (non-hydrogen) atoms. The van der Waals surface area contributed by atoms with Gasteiger partial charge in [-0.2, -0.15) is 13.2 Å². The van der Waals surface area contributed by atoms with Crippen molar-refractivity contribution in [2.75, 3.05) is 6.61 Å². The van der Waals surface area contributed by atoms with Crippen molar-refractivity contribution in [2.24, 2.45) is 5.92 Å². The topological polar surface area (TPSA) is 69.0 Å². The van der Waals surface area contributed by atoms with Crippen molar-refractivity contribution in [3.8, 4) is 0 Å². The Morgan fingerprint density at radius 2 is 2.25 bits per heavy atom. The van der Waals surface area contributed by atoms with E-state index in [9.17, 15) is 18.0 Å². The molecule has 1 N–H and O–H groups in total. The van der Waals surface area contributed by atoms with Crippen LogP contribution >= 0.6 is 0 Å². The molecule has 112 valence electrons. The highest BCUT2D eigenvalue weighted by atomic mass is 19.4. The number of hydrogen-bond acceptors (Lipinski definition) is 4. The van der Waals surface area contributed by atoms with Gasteiger partial charge in [-0.15, -0.1) is 10.2 Å². The van der Waals surface area contributed by atoms with Gasteiger partial charge in [-0.25, -0.2) is 4.79 Å². The molecule has 1 aromatic rings. The second-order valence-electron chi connectivity index (χ2n) is 4.49. The first-order valence-corrected chi connectivity index (χ1v) is 6.30. The minimum absolute atomic E-state index is 0.000939. The lowest BCUT2D eigenvalue weighted by Gasteiger charge is -2.25. The van der Waals surface area contributed by atoms with Crippen molar-refractivity contribution in [1.29, 1.82) is 0 Å². The molecule has 1 aliphatic rings. The van der Waals surface area contributed by atoms with Gasteiger partial charge in [0.15, 0.2) is 5.82 Å². The number of ether oxygens (including phenoxy) is 1. The van der Waals surface area contributed by atoms with Crippen LogP contribution in [0.1, 0.15) is 25.0 Å². The molecule has 1 aromatic heterocycles. The summed E-state index contributed by atoms with van der Waals surface area (Å²) in [4.78, 5) is 11.2. The van der Waals surface area contributed by atoms with Crippen molar-refractivity contribution in [3.63, 3.8) is 0 Å². The van der Waals surface area contributed by atoms with Crippen molar-refractivity contribution < 1.29 is 22.7 Å². The summed E-state index contributed by atoms with van der Waals surface area (Å²) in [6.45, 7) is 2.21. The third-order valence-corrected chi connectivity index (χ3v) is 3.16. The zero-order valence-corrected chi connectivity index (χ0v) is 10.9. The number of aromatic nitrogens is 3. The van der Waals surface area contributed by atoms with Crippen LogP contribution in [-0.2, 0) is 24.2 Å². The average Bonchev–Trinajstić information content (AvgIpc) is 2.78. The maximum atomic E-state index is 12.6. The van der Waals surface area contributed by atoms with E-state index in [0.717, 1.165) is 0 Å². The Labute approximate surface area is 113 Å². The molecule has 0 radical (unpaired) electrons. The molecule has 2 rings (SSSR count). The standard InChI is InChI=1S/C11H15F3N4O2/c1-2-20-10(19)15-6-9-17-16-8-5-7(11(12,13)14)3-4-18(8)9/h7H,2-6H2,1H3,(H,15,19). The molecule has 0 fully saturated rings.